The Hall–Kier alpha value is -2.14. The summed E-state index contributed by atoms with van der Waals surface area (Å²) in [5.41, 5.74) is 1.88. The first kappa shape index (κ1) is 14.3. The third kappa shape index (κ3) is 3.45. The van der Waals surface area contributed by atoms with Crippen LogP contribution >= 0.6 is 0 Å². The van der Waals surface area contributed by atoms with Gasteiger partial charge in [0, 0.05) is 12.7 Å². The molecule has 0 aliphatic carbocycles. The van der Waals surface area contributed by atoms with Crippen molar-refractivity contribution in [3.63, 3.8) is 0 Å². The van der Waals surface area contributed by atoms with E-state index in [4.69, 9.17) is 0 Å². The van der Waals surface area contributed by atoms with Gasteiger partial charge in [-0.05, 0) is 31.2 Å². The van der Waals surface area contributed by atoms with Crippen LogP contribution in [0, 0.1) is 6.92 Å². The molecule has 0 radical (unpaired) electrons. The van der Waals surface area contributed by atoms with Crippen LogP contribution in [0.3, 0.4) is 0 Å². The third-order valence-corrected chi connectivity index (χ3v) is 4.08. The Morgan fingerprint density at radius 3 is 2.20 bits per heavy atom. The van der Waals surface area contributed by atoms with Gasteiger partial charge in [0.25, 0.3) is 10.0 Å². The minimum Gasteiger partial charge on any atom is -0.335 e. The lowest BCUT2D eigenvalue weighted by atomic mass is 10.2. The van der Waals surface area contributed by atoms with Gasteiger partial charge in [0.15, 0.2) is 0 Å². The number of rotatable bonds is 4. The van der Waals surface area contributed by atoms with Crippen LogP contribution in [0.2, 0.25) is 0 Å². The maximum atomic E-state index is 12.1. The number of aryl methyl sites for hydroxylation is 1. The maximum Gasteiger partial charge on any atom is 0.283 e. The molecule has 0 aliphatic rings. The fourth-order valence-corrected chi connectivity index (χ4v) is 2.50. The van der Waals surface area contributed by atoms with Gasteiger partial charge in [0.2, 0.25) is 0 Å². The largest absolute Gasteiger partial charge is 0.335 e. The zero-order chi connectivity index (χ0) is 14.6. The van der Waals surface area contributed by atoms with E-state index in [1.165, 1.54) is 6.34 Å². The van der Waals surface area contributed by atoms with E-state index in [1.54, 1.807) is 36.2 Å². The zero-order valence-electron chi connectivity index (χ0n) is 11.4. The smallest absolute Gasteiger partial charge is 0.283 e. The summed E-state index contributed by atoms with van der Waals surface area (Å²) < 4.78 is 27.8. The Morgan fingerprint density at radius 1 is 1.00 bits per heavy atom. The number of sulfonamides is 1. The molecule has 0 N–H and O–H groups in total. The molecule has 0 aliphatic heterocycles. The van der Waals surface area contributed by atoms with Crippen molar-refractivity contribution >= 4 is 22.0 Å². The van der Waals surface area contributed by atoms with Crippen molar-refractivity contribution in [2.24, 2.45) is 4.40 Å². The summed E-state index contributed by atoms with van der Waals surface area (Å²) in [6.45, 7) is 1.91. The van der Waals surface area contributed by atoms with Crippen LogP contribution in [0.5, 0.6) is 0 Å². The highest BCUT2D eigenvalue weighted by molar-refractivity contribution is 7.90. The maximum absolute atomic E-state index is 12.1. The molecule has 0 amide bonds. The van der Waals surface area contributed by atoms with E-state index in [-0.39, 0.29) is 4.90 Å². The molecule has 20 heavy (non-hydrogen) atoms. The summed E-state index contributed by atoms with van der Waals surface area (Å²) in [4.78, 5) is 1.85. The van der Waals surface area contributed by atoms with Crippen LogP contribution in [-0.4, -0.2) is 21.8 Å². The van der Waals surface area contributed by atoms with E-state index >= 15 is 0 Å². The molecule has 2 rings (SSSR count). The fourth-order valence-electron chi connectivity index (χ4n) is 1.63. The highest BCUT2D eigenvalue weighted by Crippen LogP contribution is 2.14. The molecular formula is C15H16N2O2S. The standard InChI is InChI=1S/C15H16N2O2S/c1-13-8-10-15(11-9-13)20(18,19)16-12-17(2)14-6-4-3-5-7-14/h3-12H,1-2H3/b16-12+. The fraction of sp³-hybridized carbons (Fsp3) is 0.133. The van der Waals surface area contributed by atoms with Gasteiger partial charge in [-0.2, -0.15) is 8.42 Å². The van der Waals surface area contributed by atoms with Gasteiger partial charge in [0.1, 0.15) is 6.34 Å². The zero-order valence-corrected chi connectivity index (χ0v) is 12.2. The normalized spacial score (nSPS) is 11.7. The minimum absolute atomic E-state index is 0.195. The molecule has 2 aromatic rings. The second kappa shape index (κ2) is 5.88. The van der Waals surface area contributed by atoms with Crippen LogP contribution in [0.15, 0.2) is 63.9 Å². The van der Waals surface area contributed by atoms with E-state index in [1.807, 2.05) is 37.3 Å². The summed E-state index contributed by atoms with van der Waals surface area (Å²) in [5.74, 6) is 0. The number of benzene rings is 2. The number of nitrogens with zero attached hydrogens (tertiary/aromatic N) is 2. The lowest BCUT2D eigenvalue weighted by molar-refractivity contribution is 0.598. The van der Waals surface area contributed by atoms with Crippen molar-refractivity contribution in [1.29, 1.82) is 0 Å². The number of hydrogen-bond acceptors (Lipinski definition) is 2. The Balaban J connectivity index is 2.20. The predicted molar refractivity (Wildman–Crippen MR) is 81.7 cm³/mol. The van der Waals surface area contributed by atoms with Gasteiger partial charge in [0.05, 0.1) is 4.90 Å². The van der Waals surface area contributed by atoms with E-state index in [0.717, 1.165) is 11.3 Å². The predicted octanol–water partition coefficient (Wildman–Crippen LogP) is 2.85. The van der Waals surface area contributed by atoms with Gasteiger partial charge in [-0.25, -0.2) is 0 Å². The Bertz CT molecular complexity index is 692. The van der Waals surface area contributed by atoms with E-state index in [9.17, 15) is 8.42 Å². The average molecular weight is 288 g/mol. The first-order valence-electron chi connectivity index (χ1n) is 6.14. The second-order valence-electron chi connectivity index (χ2n) is 4.46. The first-order valence-corrected chi connectivity index (χ1v) is 7.58. The number of para-hydroxylation sites is 1. The molecule has 0 fully saturated rings. The van der Waals surface area contributed by atoms with Crippen LogP contribution in [-0.2, 0) is 10.0 Å². The van der Waals surface area contributed by atoms with Crippen molar-refractivity contribution in [1.82, 2.24) is 0 Å². The molecule has 0 bridgehead atoms. The van der Waals surface area contributed by atoms with E-state index in [0.29, 0.717) is 0 Å². The van der Waals surface area contributed by atoms with Crippen molar-refractivity contribution in [3.8, 4) is 0 Å². The summed E-state index contributed by atoms with van der Waals surface area (Å²) >= 11 is 0. The summed E-state index contributed by atoms with van der Waals surface area (Å²) in [6, 6.07) is 16.1. The molecule has 0 unspecified atom stereocenters. The highest BCUT2D eigenvalue weighted by Gasteiger charge is 2.11. The molecule has 0 aromatic heterocycles. The minimum atomic E-state index is -3.65. The Morgan fingerprint density at radius 2 is 1.60 bits per heavy atom. The van der Waals surface area contributed by atoms with Crippen molar-refractivity contribution in [3.05, 3.63) is 60.2 Å². The summed E-state index contributed by atoms with van der Waals surface area (Å²) in [5, 5.41) is 0. The molecule has 4 nitrogen and oxygen atoms in total. The molecule has 0 atom stereocenters. The Labute approximate surface area is 119 Å². The molecule has 0 saturated heterocycles. The molecule has 0 spiro atoms. The quantitative estimate of drug-likeness (QED) is 0.642. The monoisotopic (exact) mass is 288 g/mol. The van der Waals surface area contributed by atoms with Gasteiger partial charge in [-0.1, -0.05) is 35.9 Å². The van der Waals surface area contributed by atoms with Gasteiger partial charge in [-0.15, -0.1) is 4.40 Å². The van der Waals surface area contributed by atoms with Crippen molar-refractivity contribution in [2.75, 3.05) is 11.9 Å². The lowest BCUT2D eigenvalue weighted by Crippen LogP contribution is -2.15. The SMILES string of the molecule is Cc1ccc(S(=O)(=O)/N=C/N(C)c2ccccc2)cc1. The van der Waals surface area contributed by atoms with E-state index < -0.39 is 10.0 Å². The molecule has 2 aromatic carbocycles. The molecular weight excluding hydrogens is 272 g/mol. The second-order valence-corrected chi connectivity index (χ2v) is 6.09. The summed E-state index contributed by atoms with van der Waals surface area (Å²) in [6.07, 6.45) is 1.31. The van der Waals surface area contributed by atoms with E-state index in [2.05, 4.69) is 4.40 Å². The molecule has 104 valence electrons. The van der Waals surface area contributed by atoms with Gasteiger partial charge < -0.3 is 4.90 Å². The van der Waals surface area contributed by atoms with Crippen molar-refractivity contribution in [2.45, 2.75) is 11.8 Å². The van der Waals surface area contributed by atoms with Crippen LogP contribution in [0.25, 0.3) is 0 Å². The molecule has 0 saturated carbocycles. The third-order valence-electron chi connectivity index (χ3n) is 2.84. The molecule has 0 heterocycles. The van der Waals surface area contributed by atoms with Crippen LogP contribution in [0.1, 0.15) is 5.56 Å². The Kier molecular flexibility index (Phi) is 4.20. The topological polar surface area (TPSA) is 49.7 Å². The van der Waals surface area contributed by atoms with Crippen LogP contribution < -0.4 is 4.90 Å². The average Bonchev–Trinajstić information content (AvgIpc) is 2.46. The van der Waals surface area contributed by atoms with Crippen molar-refractivity contribution < 1.29 is 8.42 Å². The first-order chi connectivity index (χ1) is 9.49. The lowest BCUT2D eigenvalue weighted by Gasteiger charge is -2.12. The number of anilines is 1. The summed E-state index contributed by atoms with van der Waals surface area (Å²) in [7, 11) is -1.90. The van der Waals surface area contributed by atoms with Crippen LogP contribution in [0.4, 0.5) is 5.69 Å². The highest BCUT2D eigenvalue weighted by atomic mass is 32.2. The molecule has 5 heteroatoms. The van der Waals surface area contributed by atoms with Gasteiger partial charge >= 0.3 is 0 Å². The van der Waals surface area contributed by atoms with Gasteiger partial charge in [-0.3, -0.25) is 0 Å². The number of hydrogen-bond donors (Lipinski definition) is 0.